The second kappa shape index (κ2) is 74.5. The Morgan fingerprint density at radius 3 is 0.167 bits per heavy atom. The Kier molecular flexibility index (Phi) is 142. The molecule has 42 heteroatoms. The summed E-state index contributed by atoms with van der Waals surface area (Å²) >= 11 is 0. The molecule has 0 spiro atoms. The maximum absolute atomic E-state index is 8.42. The molecule has 0 heterocycles. The monoisotopic (exact) mass is 680 g/mol. The second-order valence-electron chi connectivity index (χ2n) is 2.89. The summed E-state index contributed by atoms with van der Waals surface area (Å²) in [4.78, 5) is 0. The van der Waals surface area contributed by atoms with E-state index in [-0.39, 0.29) is 120 Å². The van der Waals surface area contributed by atoms with Crippen LogP contribution in [0.15, 0.2) is 0 Å². The minimum Gasteiger partial charge on any atom is -1.00 e. The van der Waals surface area contributed by atoms with Gasteiger partial charge < -0.3 is 154 Å². The van der Waals surface area contributed by atoms with Crippen LogP contribution in [0, 0.1) is 0 Å². The van der Waals surface area contributed by atoms with Crippen LogP contribution in [-0.2, 0) is 0 Å². The van der Waals surface area contributed by atoms with Crippen LogP contribution >= 0.6 is 0 Å². The van der Waals surface area contributed by atoms with Gasteiger partial charge in [-0.1, -0.05) is 0 Å². The predicted molar refractivity (Wildman–Crippen MR) is 70.9 cm³/mol. The Bertz CT molecular complexity index is 233. The average Bonchev–Trinajstić information content (AvgIpc) is 2.47. The summed E-state index contributed by atoms with van der Waals surface area (Å²) in [5.41, 5.74) is 0. The first-order valence-electron chi connectivity index (χ1n) is 7.07. The van der Waals surface area contributed by atoms with Crippen LogP contribution in [0.1, 0.15) is 17.1 Å². The van der Waals surface area contributed by atoms with E-state index in [2.05, 4.69) is 0 Å². The van der Waals surface area contributed by atoms with Gasteiger partial charge >= 0.3 is 117 Å². The van der Waals surface area contributed by atoms with Crippen molar-refractivity contribution >= 4 is 73.2 Å². The molecule has 0 aliphatic carbocycles. The Morgan fingerprint density at radius 1 is 0.167 bits per heavy atom. The summed E-state index contributed by atoms with van der Waals surface area (Å²) in [6.45, 7) is 0. The maximum Gasteiger partial charge on any atom is 1.00 e. The van der Waals surface area contributed by atoms with Crippen molar-refractivity contribution in [3.63, 3.8) is 0 Å². The van der Waals surface area contributed by atoms with E-state index in [0.29, 0.717) is 0 Å². The van der Waals surface area contributed by atoms with E-state index in [9.17, 15) is 0 Å². The van der Waals surface area contributed by atoms with Crippen molar-refractivity contribution in [1.82, 2.24) is 0 Å². The molecule has 0 amide bonds. The molecule has 0 aliphatic heterocycles. The van der Waals surface area contributed by atoms with Crippen LogP contribution in [0.2, 0.25) is 0 Å². The molecule has 0 N–H and O–H groups in total. The minimum absolute atomic E-state index is 0. The van der Waals surface area contributed by atoms with Gasteiger partial charge in [-0.05, 0) is 0 Å². The van der Waals surface area contributed by atoms with Gasteiger partial charge in [-0.15, -0.1) is 0 Å². The van der Waals surface area contributed by atoms with Crippen molar-refractivity contribution in [3.8, 4) is 0 Å². The normalized spacial score (nSPS) is 6.43. The van der Waals surface area contributed by atoms with Gasteiger partial charge in [0.2, 0.25) is 0 Å². The molecule has 0 aliphatic rings. The molecular weight excluding hydrogens is 666 g/mol. The van der Waals surface area contributed by atoms with E-state index in [1.807, 2.05) is 0 Å². The molecule has 30 nitrogen and oxygen atoms in total. The third-order valence-electron chi connectivity index (χ3n) is 0. The molecule has 0 unspecified atom stereocenters. The smallest absolute Gasteiger partial charge is 1.00 e. The topological polar surface area (TPSA) is 692 Å². The molecule has 0 aromatic rings. The van der Waals surface area contributed by atoms with Crippen molar-refractivity contribution in [2.45, 2.75) is 0 Å². The molecular formula is H12B10K2O30-20. The number of hydrogen-bond acceptors (Lipinski definition) is 30. The minimum atomic E-state index is -2.92. The zero-order chi connectivity index (χ0) is 35.8. The maximum atomic E-state index is 8.42. The molecule has 0 aromatic heterocycles. The van der Waals surface area contributed by atoms with E-state index >= 15 is 0 Å². The fourth-order valence-corrected chi connectivity index (χ4v) is 0. The van der Waals surface area contributed by atoms with Crippen LogP contribution in [0.25, 0.3) is 0 Å². The molecule has 0 aromatic carbocycles. The molecule has 0 atom stereocenters. The van der Waals surface area contributed by atoms with Gasteiger partial charge in [0.15, 0.2) is 0 Å². The third-order valence-corrected chi connectivity index (χ3v) is 0. The van der Waals surface area contributed by atoms with Crippen molar-refractivity contribution in [2.24, 2.45) is 0 Å². The Hall–Kier alpha value is 2.72. The van der Waals surface area contributed by atoms with Crippen molar-refractivity contribution in [1.29, 1.82) is 0 Å². The first-order valence-corrected chi connectivity index (χ1v) is 7.07. The van der Waals surface area contributed by atoms with Gasteiger partial charge in [-0.3, -0.25) is 73.2 Å². The molecule has 0 saturated carbocycles. The van der Waals surface area contributed by atoms with Crippen molar-refractivity contribution in [2.75, 3.05) is 0 Å². The fraction of sp³-hybridized carbons (Fsp3) is 0. The van der Waals surface area contributed by atoms with Gasteiger partial charge in [-0.2, -0.15) is 0 Å². The van der Waals surface area contributed by atoms with Gasteiger partial charge in [0, 0.05) is 0 Å². The second-order valence-corrected chi connectivity index (χ2v) is 2.89. The van der Waals surface area contributed by atoms with Crippen LogP contribution in [0.3, 0.4) is 0 Å². The van der Waals surface area contributed by atoms with Crippen LogP contribution < -0.4 is 253 Å². The summed E-state index contributed by atoms with van der Waals surface area (Å²) < 4.78 is 0. The van der Waals surface area contributed by atoms with Crippen molar-refractivity contribution in [3.05, 3.63) is 0 Å². The standard InChI is InChI=1S/10BO3.2K.2H/c10*2-1(3)4;;;;/q10*-3;2*+1;2*-1/p+10. The molecule has 244 valence electrons. The van der Waals surface area contributed by atoms with Gasteiger partial charge in [0.1, 0.15) is 0 Å². The van der Waals surface area contributed by atoms with E-state index in [1.54, 1.807) is 0 Å². The Balaban J connectivity index is -0.00000000818. The molecule has 42 heavy (non-hydrogen) atoms. The number of rotatable bonds is 0. The fourth-order valence-electron chi connectivity index (χ4n) is 0. The van der Waals surface area contributed by atoms with Gasteiger partial charge in [0.05, 0.1) is 0 Å². The summed E-state index contributed by atoms with van der Waals surface area (Å²) in [7, 11) is -29.2. The van der Waals surface area contributed by atoms with Crippen LogP contribution in [0.5, 0.6) is 0 Å². The van der Waals surface area contributed by atoms with Gasteiger partial charge in [-0.25, -0.2) is 0 Å². The van der Waals surface area contributed by atoms with Crippen LogP contribution in [-0.4, -0.2) is 73.2 Å². The molecule has 0 rings (SSSR count). The summed E-state index contributed by atoms with van der Waals surface area (Å²) in [5.74, 6) is 0. The molecule has 0 fully saturated rings. The molecule has 0 bridgehead atoms. The Labute approximate surface area is 340 Å². The zero-order valence-corrected chi connectivity index (χ0v) is 26.3. The predicted octanol–water partition coefficient (Wildman–Crippen LogP) is -44.1. The first-order chi connectivity index (χ1) is 17.3. The van der Waals surface area contributed by atoms with Gasteiger partial charge in [0.25, 0.3) is 0 Å². The largest absolute Gasteiger partial charge is 1.00 e. The van der Waals surface area contributed by atoms with E-state index in [4.69, 9.17) is 151 Å². The van der Waals surface area contributed by atoms with Crippen molar-refractivity contribution < 1.29 is 271 Å². The van der Waals surface area contributed by atoms with E-state index in [1.165, 1.54) is 0 Å². The average molecular weight is 678 g/mol. The SMILES string of the molecule is [H+].[H+].[H+].[H+].[H+].[H+].[H+].[H+].[H+].[H+].[H-].[H-].[K+].[K+].[O-]B([O-])[O-].[O-]B([O-])[O-].[O-]B([O-])[O-].[O-]B([O-])[O-].[O-]B([O-])[O-].[O-]B([O-])[O-].[O-]B([O-])[O-].[O-]B([O-])[O-].[O-]B([O-])[O-].[O-]B([O-])[O-]. The third kappa shape index (κ3) is 10000. The summed E-state index contributed by atoms with van der Waals surface area (Å²) in [6.07, 6.45) is 0. The van der Waals surface area contributed by atoms with Crippen LogP contribution in [0.4, 0.5) is 0 Å². The van der Waals surface area contributed by atoms with E-state index in [0.717, 1.165) is 0 Å². The quantitative estimate of drug-likeness (QED) is 0.214. The Morgan fingerprint density at radius 2 is 0.167 bits per heavy atom. The summed E-state index contributed by atoms with van der Waals surface area (Å²) in [6, 6.07) is 0. The first kappa shape index (κ1) is 79.8. The molecule has 0 saturated heterocycles. The van der Waals surface area contributed by atoms with E-state index < -0.39 is 73.2 Å². The molecule has 0 radical (unpaired) electrons. The zero-order valence-electron chi connectivity index (χ0n) is 32.0. The summed E-state index contributed by atoms with van der Waals surface area (Å²) in [5, 5.41) is 252. The number of hydrogen-bond donors (Lipinski definition) is 0.